The molecule has 2 heteroatoms. The number of aryl methyl sites for hydroxylation is 4. The number of hydrogen-bond donors (Lipinski definition) is 0. The van der Waals surface area contributed by atoms with Crippen molar-refractivity contribution in [3.63, 3.8) is 0 Å². The zero-order chi connectivity index (χ0) is 20.1. The van der Waals surface area contributed by atoms with Crippen molar-refractivity contribution < 1.29 is 4.74 Å². The van der Waals surface area contributed by atoms with Crippen molar-refractivity contribution in [1.82, 2.24) is 4.98 Å². The lowest BCUT2D eigenvalue weighted by Gasteiger charge is -2.30. The van der Waals surface area contributed by atoms with Crippen LogP contribution in [0.2, 0.25) is 0 Å². The summed E-state index contributed by atoms with van der Waals surface area (Å²) >= 11 is 0. The van der Waals surface area contributed by atoms with E-state index in [1.54, 1.807) is 0 Å². The van der Waals surface area contributed by atoms with Crippen molar-refractivity contribution in [3.8, 4) is 5.75 Å². The van der Waals surface area contributed by atoms with Crippen LogP contribution in [0.3, 0.4) is 0 Å². The summed E-state index contributed by atoms with van der Waals surface area (Å²) in [6, 6.07) is 7.05. The molecule has 152 valence electrons. The standard InChI is InChI=1S/C26H37NO/c1-6-9-19-16-22-13-12-21-14-18(4)15-23(28-5)24(21)25(26(22)27-17-19)20(10-7-2)11-8-3/h14-17,20,25H,6-13H2,1-5H3. The van der Waals surface area contributed by atoms with E-state index in [-0.39, 0.29) is 0 Å². The van der Waals surface area contributed by atoms with Gasteiger partial charge < -0.3 is 4.74 Å². The summed E-state index contributed by atoms with van der Waals surface area (Å²) in [5.74, 6) is 2.02. The first-order valence-electron chi connectivity index (χ1n) is 11.3. The van der Waals surface area contributed by atoms with Crippen molar-refractivity contribution in [2.75, 3.05) is 7.11 Å². The van der Waals surface area contributed by atoms with Gasteiger partial charge in [-0.2, -0.15) is 0 Å². The molecule has 0 N–H and O–H groups in total. The second kappa shape index (κ2) is 9.58. The van der Waals surface area contributed by atoms with Gasteiger partial charge in [0.15, 0.2) is 0 Å². The van der Waals surface area contributed by atoms with E-state index in [2.05, 4.69) is 52.1 Å². The maximum atomic E-state index is 5.94. The van der Waals surface area contributed by atoms with E-state index in [1.807, 2.05) is 7.11 Å². The van der Waals surface area contributed by atoms with Crippen LogP contribution in [0.4, 0.5) is 0 Å². The first kappa shape index (κ1) is 20.9. The van der Waals surface area contributed by atoms with Gasteiger partial charge >= 0.3 is 0 Å². The van der Waals surface area contributed by atoms with E-state index in [0.29, 0.717) is 11.8 Å². The molecule has 3 rings (SSSR count). The second-order valence-electron chi connectivity index (χ2n) is 8.49. The Balaban J connectivity index is 2.21. The van der Waals surface area contributed by atoms with Crippen LogP contribution in [0.5, 0.6) is 5.75 Å². The number of nitrogens with zero attached hydrogens (tertiary/aromatic N) is 1. The van der Waals surface area contributed by atoms with Gasteiger partial charge in [-0.05, 0) is 73.3 Å². The molecule has 1 heterocycles. The highest BCUT2D eigenvalue weighted by Crippen LogP contribution is 2.46. The Labute approximate surface area is 171 Å². The predicted molar refractivity (Wildman–Crippen MR) is 119 cm³/mol. The normalized spacial score (nSPS) is 15.9. The van der Waals surface area contributed by atoms with E-state index >= 15 is 0 Å². The Bertz CT molecular complexity index is 789. The number of rotatable bonds is 8. The molecule has 0 bridgehead atoms. The van der Waals surface area contributed by atoms with Gasteiger partial charge in [-0.1, -0.05) is 52.2 Å². The quantitative estimate of drug-likeness (QED) is 0.503. The maximum Gasteiger partial charge on any atom is 0.123 e. The Morgan fingerprint density at radius 2 is 1.71 bits per heavy atom. The number of ether oxygens (including phenoxy) is 1. The molecule has 0 saturated heterocycles. The van der Waals surface area contributed by atoms with E-state index in [0.717, 1.165) is 25.0 Å². The molecule has 0 amide bonds. The lowest BCUT2D eigenvalue weighted by atomic mass is 9.76. The molecule has 0 spiro atoms. The number of fused-ring (bicyclic) bond motifs is 2. The van der Waals surface area contributed by atoms with Crippen LogP contribution in [0.15, 0.2) is 24.4 Å². The summed E-state index contributed by atoms with van der Waals surface area (Å²) in [7, 11) is 1.82. The molecule has 1 aliphatic carbocycles. The van der Waals surface area contributed by atoms with Crippen LogP contribution in [0, 0.1) is 12.8 Å². The molecule has 0 saturated carbocycles. The van der Waals surface area contributed by atoms with E-state index in [1.165, 1.54) is 65.6 Å². The van der Waals surface area contributed by atoms with Crippen LogP contribution in [-0.2, 0) is 19.3 Å². The summed E-state index contributed by atoms with van der Waals surface area (Å²) in [6.45, 7) is 9.05. The number of aromatic nitrogens is 1. The lowest BCUT2D eigenvalue weighted by Crippen LogP contribution is -2.18. The van der Waals surface area contributed by atoms with Gasteiger partial charge in [0.1, 0.15) is 5.75 Å². The fourth-order valence-electron chi connectivity index (χ4n) is 5.13. The molecule has 28 heavy (non-hydrogen) atoms. The van der Waals surface area contributed by atoms with Gasteiger partial charge in [0.25, 0.3) is 0 Å². The van der Waals surface area contributed by atoms with Gasteiger partial charge in [-0.15, -0.1) is 0 Å². The molecule has 2 nitrogen and oxygen atoms in total. The average Bonchev–Trinajstić information content (AvgIpc) is 2.84. The third kappa shape index (κ3) is 4.26. The smallest absolute Gasteiger partial charge is 0.123 e. The number of benzene rings is 1. The molecule has 1 aromatic carbocycles. The molecule has 0 fully saturated rings. The zero-order valence-electron chi connectivity index (χ0n) is 18.5. The highest BCUT2D eigenvalue weighted by molar-refractivity contribution is 5.52. The minimum Gasteiger partial charge on any atom is -0.496 e. The number of pyridine rings is 1. The molecule has 1 aliphatic rings. The van der Waals surface area contributed by atoms with E-state index < -0.39 is 0 Å². The fourth-order valence-corrected chi connectivity index (χ4v) is 5.13. The molecule has 1 unspecified atom stereocenters. The highest BCUT2D eigenvalue weighted by Gasteiger charge is 2.33. The van der Waals surface area contributed by atoms with Crippen molar-refractivity contribution >= 4 is 0 Å². The number of methoxy groups -OCH3 is 1. The van der Waals surface area contributed by atoms with Crippen LogP contribution < -0.4 is 4.74 Å². The van der Waals surface area contributed by atoms with Gasteiger partial charge in [0, 0.05) is 17.7 Å². The van der Waals surface area contributed by atoms with Crippen LogP contribution in [-0.4, -0.2) is 12.1 Å². The summed E-state index contributed by atoms with van der Waals surface area (Å²) in [5, 5.41) is 0. The van der Waals surface area contributed by atoms with Crippen molar-refractivity contribution in [2.45, 2.75) is 85.0 Å². The van der Waals surface area contributed by atoms with Crippen LogP contribution >= 0.6 is 0 Å². The molecule has 0 aliphatic heterocycles. The van der Waals surface area contributed by atoms with Crippen molar-refractivity contribution in [2.24, 2.45) is 5.92 Å². The van der Waals surface area contributed by atoms with E-state index in [4.69, 9.17) is 9.72 Å². The fraction of sp³-hybridized carbons (Fsp3) is 0.577. The van der Waals surface area contributed by atoms with Gasteiger partial charge in [-0.25, -0.2) is 0 Å². The Morgan fingerprint density at radius 1 is 1.00 bits per heavy atom. The topological polar surface area (TPSA) is 22.1 Å². The van der Waals surface area contributed by atoms with Crippen LogP contribution in [0.25, 0.3) is 0 Å². The maximum absolute atomic E-state index is 5.94. The summed E-state index contributed by atoms with van der Waals surface area (Å²) in [5.41, 5.74) is 8.33. The summed E-state index contributed by atoms with van der Waals surface area (Å²) in [4.78, 5) is 5.11. The molecular weight excluding hydrogens is 342 g/mol. The minimum atomic E-state index is 0.346. The highest BCUT2D eigenvalue weighted by atomic mass is 16.5. The monoisotopic (exact) mass is 379 g/mol. The number of hydrogen-bond acceptors (Lipinski definition) is 2. The SMILES string of the molecule is CCCc1cnc2c(c1)CCc1cc(C)cc(OC)c1C2C(CCC)CCC. The first-order chi connectivity index (χ1) is 13.6. The molecular formula is C26H37NO. The van der Waals surface area contributed by atoms with Crippen LogP contribution in [0.1, 0.15) is 92.3 Å². The van der Waals surface area contributed by atoms with Gasteiger partial charge in [0.05, 0.1) is 12.8 Å². The lowest BCUT2D eigenvalue weighted by molar-refractivity contribution is 0.366. The third-order valence-electron chi connectivity index (χ3n) is 6.25. The molecule has 1 atom stereocenters. The third-order valence-corrected chi connectivity index (χ3v) is 6.25. The Morgan fingerprint density at radius 3 is 2.36 bits per heavy atom. The second-order valence-corrected chi connectivity index (χ2v) is 8.49. The zero-order valence-corrected chi connectivity index (χ0v) is 18.5. The Kier molecular flexibility index (Phi) is 7.15. The predicted octanol–water partition coefficient (Wildman–Crippen LogP) is 6.80. The van der Waals surface area contributed by atoms with Gasteiger partial charge in [-0.3, -0.25) is 4.98 Å². The first-order valence-corrected chi connectivity index (χ1v) is 11.3. The Hall–Kier alpha value is -1.83. The van der Waals surface area contributed by atoms with Crippen molar-refractivity contribution in [3.05, 3.63) is 57.9 Å². The summed E-state index contributed by atoms with van der Waals surface area (Å²) < 4.78 is 5.94. The largest absolute Gasteiger partial charge is 0.496 e. The average molecular weight is 380 g/mol. The van der Waals surface area contributed by atoms with E-state index in [9.17, 15) is 0 Å². The molecule has 0 radical (unpaired) electrons. The molecule has 2 aromatic rings. The summed E-state index contributed by atoms with van der Waals surface area (Å²) in [6.07, 6.45) is 11.5. The van der Waals surface area contributed by atoms with Gasteiger partial charge in [0.2, 0.25) is 0 Å². The minimum absolute atomic E-state index is 0.346. The molecule has 1 aromatic heterocycles. The van der Waals surface area contributed by atoms with Crippen molar-refractivity contribution in [1.29, 1.82) is 0 Å².